The Kier molecular flexibility index (Phi) is 11.6. The van der Waals surface area contributed by atoms with Crippen molar-refractivity contribution in [2.75, 3.05) is 0 Å². The highest BCUT2D eigenvalue weighted by molar-refractivity contribution is 6.13. The third-order valence-electron chi connectivity index (χ3n) is 14.7. The normalized spacial score (nSPS) is 10.9. The molecule has 0 unspecified atom stereocenters. The summed E-state index contributed by atoms with van der Waals surface area (Å²) in [5, 5.41) is 23.9. The van der Waals surface area contributed by atoms with Gasteiger partial charge < -0.3 is 9.13 Å². The molecule has 0 saturated heterocycles. The van der Waals surface area contributed by atoms with Gasteiger partial charge in [0.25, 0.3) is 0 Å². The fourth-order valence-corrected chi connectivity index (χ4v) is 11.2. The van der Waals surface area contributed by atoms with Gasteiger partial charge in [-0.05, 0) is 95.6 Å². The third-order valence-corrected chi connectivity index (χ3v) is 14.7. The lowest BCUT2D eigenvalue weighted by molar-refractivity contribution is 1.16. The summed E-state index contributed by atoms with van der Waals surface area (Å²) < 4.78 is 4.55. The maximum atomic E-state index is 10.4. The van der Waals surface area contributed by atoms with Gasteiger partial charge in [0.1, 0.15) is 0 Å². The maximum absolute atomic E-state index is 10.4. The fraction of sp³-hybridized carbons (Fsp3) is 0. The number of benzene rings is 10. The molecule has 0 amide bonds. The Balaban J connectivity index is 1.09. The summed E-state index contributed by atoms with van der Waals surface area (Å²) in [5.41, 5.74) is 15.3. The molecule has 0 bridgehead atoms. The molecule has 13 rings (SSSR count). The SMILES string of the molecule is [C-]#[N+]c1cc(C#N)c(-c2ccc3c(c2)c2ccccc2n3-c2ccc(-c3cc(-c4ccccc4)nc(-c4ccccc4)n3)cc2-c2ccccc2-n2c3ccccc3c3cc(-c4c([N+]#[C-])cc(C#N)cc4[N+]#[C-])ccc32)c([N+]#[C-])c1. The minimum atomic E-state index is 0.235. The molecule has 13 aromatic rings. The van der Waals surface area contributed by atoms with E-state index in [1.165, 1.54) is 0 Å². The molecule has 0 fully saturated rings. The van der Waals surface area contributed by atoms with Crippen LogP contribution in [0.2, 0.25) is 0 Å². The smallest absolute Gasteiger partial charge is 0.186 e. The number of hydrogen-bond donors (Lipinski definition) is 0. The highest BCUT2D eigenvalue weighted by Gasteiger charge is 2.24. The predicted molar refractivity (Wildman–Crippen MR) is 318 cm³/mol. The molecule has 3 heterocycles. The Morgan fingerprint density at radius 2 is 0.863 bits per heavy atom. The molecule has 366 valence electrons. The Labute approximate surface area is 459 Å². The number of aromatic nitrogens is 4. The molecule has 0 aliphatic rings. The van der Waals surface area contributed by atoms with E-state index in [4.69, 9.17) is 36.3 Å². The van der Waals surface area contributed by atoms with E-state index >= 15 is 0 Å². The highest BCUT2D eigenvalue weighted by Crippen LogP contribution is 2.47. The van der Waals surface area contributed by atoms with Gasteiger partial charge in [0, 0.05) is 66.1 Å². The average molecular weight is 1020 g/mol. The third kappa shape index (κ3) is 7.84. The monoisotopic (exact) mass is 1020 g/mol. The lowest BCUT2D eigenvalue weighted by atomic mass is 9.96. The quantitative estimate of drug-likeness (QED) is 0.142. The first-order chi connectivity index (χ1) is 39.4. The number of fused-ring (bicyclic) bond motifs is 6. The summed E-state index contributed by atoms with van der Waals surface area (Å²) in [6.45, 7) is 31.9. The number of para-hydroxylation sites is 3. The van der Waals surface area contributed by atoms with Gasteiger partial charge in [0.05, 0.1) is 83.3 Å². The average Bonchev–Trinajstić information content (AvgIpc) is 4.06. The van der Waals surface area contributed by atoms with Crippen molar-refractivity contribution >= 4 is 66.4 Å². The molecule has 10 nitrogen and oxygen atoms in total. The van der Waals surface area contributed by atoms with E-state index < -0.39 is 0 Å². The zero-order chi connectivity index (χ0) is 54.4. The minimum absolute atomic E-state index is 0.235. The largest absolute Gasteiger partial charge is 0.309 e. The van der Waals surface area contributed by atoms with Crippen LogP contribution in [0.5, 0.6) is 0 Å². The van der Waals surface area contributed by atoms with Crippen molar-refractivity contribution in [3.63, 3.8) is 0 Å². The molecule has 0 spiro atoms. The maximum Gasteiger partial charge on any atom is 0.186 e. The van der Waals surface area contributed by atoms with Crippen LogP contribution < -0.4 is 0 Å². The Bertz CT molecular complexity index is 4900. The highest BCUT2D eigenvalue weighted by atomic mass is 15.0. The van der Waals surface area contributed by atoms with Crippen molar-refractivity contribution < 1.29 is 0 Å². The molecular weight excluding hydrogens is 981 g/mol. The molecule has 0 atom stereocenters. The summed E-state index contributed by atoms with van der Waals surface area (Å²) in [6, 6.07) is 76.1. The van der Waals surface area contributed by atoms with Crippen LogP contribution in [-0.4, -0.2) is 19.1 Å². The van der Waals surface area contributed by atoms with E-state index in [0.29, 0.717) is 28.1 Å². The van der Waals surface area contributed by atoms with Crippen molar-refractivity contribution in [2.45, 2.75) is 0 Å². The van der Waals surface area contributed by atoms with Gasteiger partial charge in [-0.15, -0.1) is 0 Å². The summed E-state index contributed by atoms with van der Waals surface area (Å²) >= 11 is 0. The van der Waals surface area contributed by atoms with E-state index in [1.54, 1.807) is 24.3 Å². The van der Waals surface area contributed by atoms with Crippen LogP contribution in [0.15, 0.2) is 218 Å². The number of nitrogens with zero attached hydrogens (tertiary/aromatic N) is 10. The Morgan fingerprint density at radius 3 is 1.45 bits per heavy atom. The molecule has 0 saturated carbocycles. The number of nitriles is 2. The predicted octanol–water partition coefficient (Wildman–Crippen LogP) is 18.6. The van der Waals surface area contributed by atoms with Gasteiger partial charge in [-0.25, -0.2) is 29.3 Å². The van der Waals surface area contributed by atoms with E-state index in [0.717, 1.165) is 94.2 Å². The van der Waals surface area contributed by atoms with Crippen LogP contribution in [0.4, 0.5) is 22.7 Å². The Hall–Kier alpha value is -12.2. The molecule has 80 heavy (non-hydrogen) atoms. The van der Waals surface area contributed by atoms with Crippen LogP contribution in [0.25, 0.3) is 142 Å². The lowest BCUT2D eigenvalue weighted by Gasteiger charge is -2.20. The molecule has 10 aromatic carbocycles. The van der Waals surface area contributed by atoms with Gasteiger partial charge in [-0.1, -0.05) is 140 Å². The van der Waals surface area contributed by atoms with Crippen molar-refractivity contribution in [1.29, 1.82) is 10.5 Å². The molecule has 0 aliphatic carbocycles. The van der Waals surface area contributed by atoms with Crippen molar-refractivity contribution in [2.24, 2.45) is 0 Å². The van der Waals surface area contributed by atoms with Gasteiger partial charge in [0.15, 0.2) is 28.6 Å². The standard InChI is InChI=1S/C70H36N10/c1-73-50-35-49(42-72)68(61(39-50)76-4)47-28-31-67-55(37-47)52-22-13-16-26-64(52)80(67)65-30-27-46(58-40-57(44-17-7-5-8-18-44)77-70(78-58)45-19-9-6-10-20-45)36-54(65)51-21-11-14-24-62(51)79-63-25-15-12-23-53(63)56-38-48(29-32-66(56)79)69-59(74-2)33-43(41-71)34-60(69)75-3/h5-40H. The van der Waals surface area contributed by atoms with Crippen LogP contribution in [-0.2, 0) is 0 Å². The van der Waals surface area contributed by atoms with Crippen molar-refractivity contribution in [3.8, 4) is 90.8 Å². The molecule has 0 radical (unpaired) electrons. The first-order valence-electron chi connectivity index (χ1n) is 25.4. The van der Waals surface area contributed by atoms with E-state index in [2.05, 4.69) is 113 Å². The molecule has 3 aromatic heterocycles. The summed E-state index contributed by atoms with van der Waals surface area (Å²) in [4.78, 5) is 25.3. The van der Waals surface area contributed by atoms with Gasteiger partial charge >= 0.3 is 0 Å². The fourth-order valence-electron chi connectivity index (χ4n) is 11.2. The summed E-state index contributed by atoms with van der Waals surface area (Å²) in [6.07, 6.45) is 0. The van der Waals surface area contributed by atoms with E-state index in [9.17, 15) is 10.5 Å². The topological polar surface area (TPSA) is 101 Å². The number of rotatable bonds is 8. The van der Waals surface area contributed by atoms with Gasteiger partial charge in [0.2, 0.25) is 0 Å². The molecule has 10 heteroatoms. The van der Waals surface area contributed by atoms with Crippen LogP contribution in [0, 0.1) is 49.0 Å². The van der Waals surface area contributed by atoms with Crippen molar-refractivity contribution in [3.05, 3.63) is 275 Å². The van der Waals surface area contributed by atoms with Crippen LogP contribution >= 0.6 is 0 Å². The summed E-state index contributed by atoms with van der Waals surface area (Å²) in [5.74, 6) is 0.591. The first kappa shape index (κ1) is 47.5. The number of hydrogen-bond acceptors (Lipinski definition) is 4. The molecule has 0 aliphatic heterocycles. The van der Waals surface area contributed by atoms with Crippen molar-refractivity contribution in [1.82, 2.24) is 19.1 Å². The second-order valence-electron chi connectivity index (χ2n) is 19.1. The van der Waals surface area contributed by atoms with Gasteiger partial charge in [-0.2, -0.15) is 10.5 Å². The van der Waals surface area contributed by atoms with Crippen LogP contribution in [0.3, 0.4) is 0 Å². The second kappa shape index (κ2) is 19.5. The second-order valence-corrected chi connectivity index (χ2v) is 19.1. The summed E-state index contributed by atoms with van der Waals surface area (Å²) in [7, 11) is 0. The zero-order valence-electron chi connectivity index (χ0n) is 42.3. The Morgan fingerprint density at radius 1 is 0.362 bits per heavy atom. The van der Waals surface area contributed by atoms with E-state index in [-0.39, 0.29) is 33.9 Å². The first-order valence-corrected chi connectivity index (χ1v) is 25.4. The lowest BCUT2D eigenvalue weighted by Crippen LogP contribution is -2.02. The minimum Gasteiger partial charge on any atom is -0.309 e. The van der Waals surface area contributed by atoms with Crippen LogP contribution in [0.1, 0.15) is 11.1 Å². The molecular formula is C70H36N10. The van der Waals surface area contributed by atoms with E-state index in [1.807, 2.05) is 121 Å². The zero-order valence-corrected chi connectivity index (χ0v) is 42.3. The van der Waals surface area contributed by atoms with Gasteiger partial charge in [-0.3, -0.25) is 0 Å². The molecule has 0 N–H and O–H groups in total.